The van der Waals surface area contributed by atoms with E-state index in [1.165, 1.54) is 11.9 Å². The Kier molecular flexibility index (Phi) is 4.64. The molecule has 0 spiro atoms. The molecule has 3 nitrogen and oxygen atoms in total. The lowest BCUT2D eigenvalue weighted by Gasteiger charge is -2.21. The van der Waals surface area contributed by atoms with Crippen LogP contribution in [0.15, 0.2) is 12.1 Å². The largest absolute Gasteiger partial charge is 0.396 e. The Balaban J connectivity index is 3.00. The van der Waals surface area contributed by atoms with Gasteiger partial charge in [0.2, 0.25) is 0 Å². The van der Waals surface area contributed by atoms with Crippen molar-refractivity contribution >= 4 is 11.6 Å². The molecule has 2 N–H and O–H groups in total. The average Bonchev–Trinajstić information content (AvgIpc) is 2.33. The van der Waals surface area contributed by atoms with Crippen molar-refractivity contribution in [3.05, 3.63) is 29.3 Å². The first-order valence-electron chi connectivity index (χ1n) is 5.87. The van der Waals surface area contributed by atoms with Crippen molar-refractivity contribution < 1.29 is 13.6 Å². The molecule has 1 aromatic carbocycles. The number of anilines is 1. The van der Waals surface area contributed by atoms with E-state index in [1.807, 2.05) is 13.8 Å². The van der Waals surface area contributed by atoms with Gasteiger partial charge in [-0.05, 0) is 18.1 Å². The van der Waals surface area contributed by atoms with E-state index in [9.17, 15) is 13.6 Å². The monoisotopic (exact) mass is 256 g/mol. The van der Waals surface area contributed by atoms with E-state index >= 15 is 0 Å². The number of nitrogens with two attached hydrogens (primary N) is 1. The van der Waals surface area contributed by atoms with Gasteiger partial charge in [0.1, 0.15) is 11.4 Å². The summed E-state index contributed by atoms with van der Waals surface area (Å²) in [6.45, 7) is 4.41. The normalized spacial score (nSPS) is 12.3. The van der Waals surface area contributed by atoms with E-state index < -0.39 is 23.1 Å². The van der Waals surface area contributed by atoms with Crippen molar-refractivity contribution in [2.24, 2.45) is 5.92 Å². The highest BCUT2D eigenvalue weighted by molar-refractivity contribution is 5.95. The summed E-state index contributed by atoms with van der Waals surface area (Å²) in [6, 6.07) is 2.11. The summed E-state index contributed by atoms with van der Waals surface area (Å²) in [6.07, 6.45) is 0.888. The summed E-state index contributed by atoms with van der Waals surface area (Å²) in [5, 5.41) is 0. The van der Waals surface area contributed by atoms with Crippen LogP contribution in [0.5, 0.6) is 0 Å². The lowest BCUT2D eigenvalue weighted by molar-refractivity contribution is 0.0765. The number of nitrogens with zero attached hydrogens (tertiary/aromatic N) is 1. The first kappa shape index (κ1) is 14.4. The second-order valence-corrected chi connectivity index (χ2v) is 4.52. The number of benzene rings is 1. The molecule has 0 fully saturated rings. The third kappa shape index (κ3) is 2.97. The number of rotatable bonds is 4. The van der Waals surface area contributed by atoms with Crippen LogP contribution >= 0.6 is 0 Å². The number of nitrogen functional groups attached to an aromatic ring is 1. The third-order valence-corrected chi connectivity index (χ3v) is 2.96. The zero-order valence-corrected chi connectivity index (χ0v) is 10.8. The Morgan fingerprint density at radius 3 is 2.61 bits per heavy atom. The zero-order valence-electron chi connectivity index (χ0n) is 10.8. The Labute approximate surface area is 106 Å². The molecule has 0 heterocycles. The van der Waals surface area contributed by atoms with E-state index in [-0.39, 0.29) is 11.6 Å². The predicted octanol–water partition coefficient (Wildman–Crippen LogP) is 2.67. The summed E-state index contributed by atoms with van der Waals surface area (Å²) >= 11 is 0. The van der Waals surface area contributed by atoms with Crippen molar-refractivity contribution in [1.82, 2.24) is 4.90 Å². The summed E-state index contributed by atoms with van der Waals surface area (Å²) in [7, 11) is 1.52. The SMILES string of the molecule is CCC(C)CN(C)C(=O)c1c(F)ccc(N)c1F. The fourth-order valence-corrected chi connectivity index (χ4v) is 1.64. The summed E-state index contributed by atoms with van der Waals surface area (Å²) in [5.41, 5.74) is 4.53. The number of amides is 1. The van der Waals surface area contributed by atoms with E-state index in [2.05, 4.69) is 0 Å². The molecule has 0 saturated carbocycles. The van der Waals surface area contributed by atoms with Crippen molar-refractivity contribution in [3.8, 4) is 0 Å². The molecule has 0 saturated heterocycles. The van der Waals surface area contributed by atoms with E-state index in [4.69, 9.17) is 5.73 Å². The van der Waals surface area contributed by atoms with Crippen LogP contribution in [0, 0.1) is 17.6 Å². The highest BCUT2D eigenvalue weighted by atomic mass is 19.1. The van der Waals surface area contributed by atoms with Crippen molar-refractivity contribution in [2.45, 2.75) is 20.3 Å². The van der Waals surface area contributed by atoms with Crippen LogP contribution in [0.25, 0.3) is 0 Å². The van der Waals surface area contributed by atoms with Crippen LogP contribution in [0.1, 0.15) is 30.6 Å². The van der Waals surface area contributed by atoms with Gasteiger partial charge in [-0.15, -0.1) is 0 Å². The Morgan fingerprint density at radius 1 is 1.44 bits per heavy atom. The van der Waals surface area contributed by atoms with E-state index in [1.54, 1.807) is 0 Å². The maximum absolute atomic E-state index is 13.7. The molecule has 0 radical (unpaired) electrons. The van der Waals surface area contributed by atoms with Gasteiger partial charge in [0.25, 0.3) is 5.91 Å². The van der Waals surface area contributed by atoms with Gasteiger partial charge in [-0.3, -0.25) is 4.79 Å². The van der Waals surface area contributed by atoms with Gasteiger partial charge in [-0.2, -0.15) is 0 Å². The van der Waals surface area contributed by atoms with Gasteiger partial charge < -0.3 is 10.6 Å². The molecule has 18 heavy (non-hydrogen) atoms. The molecule has 100 valence electrons. The predicted molar refractivity (Wildman–Crippen MR) is 67.2 cm³/mol. The number of carbonyl (C=O) groups excluding carboxylic acids is 1. The molecular formula is C13H18F2N2O. The number of carbonyl (C=O) groups is 1. The van der Waals surface area contributed by atoms with Crippen LogP contribution in [-0.4, -0.2) is 24.4 Å². The first-order chi connectivity index (χ1) is 8.38. The van der Waals surface area contributed by atoms with Gasteiger partial charge >= 0.3 is 0 Å². The Hall–Kier alpha value is -1.65. The molecule has 0 aliphatic rings. The molecule has 0 aliphatic heterocycles. The van der Waals surface area contributed by atoms with Crippen molar-refractivity contribution in [1.29, 1.82) is 0 Å². The van der Waals surface area contributed by atoms with E-state index in [0.29, 0.717) is 6.54 Å². The summed E-state index contributed by atoms with van der Waals surface area (Å²) < 4.78 is 27.2. The third-order valence-electron chi connectivity index (χ3n) is 2.96. The van der Waals surface area contributed by atoms with Gasteiger partial charge in [0, 0.05) is 13.6 Å². The topological polar surface area (TPSA) is 46.3 Å². The summed E-state index contributed by atoms with van der Waals surface area (Å²) in [4.78, 5) is 13.3. The van der Waals surface area contributed by atoms with Crippen LogP contribution in [-0.2, 0) is 0 Å². The van der Waals surface area contributed by atoms with Crippen LogP contribution in [0.3, 0.4) is 0 Å². The quantitative estimate of drug-likeness (QED) is 0.842. The number of hydrogen-bond acceptors (Lipinski definition) is 2. The van der Waals surface area contributed by atoms with Gasteiger partial charge in [-0.1, -0.05) is 20.3 Å². The van der Waals surface area contributed by atoms with E-state index in [0.717, 1.165) is 18.6 Å². The number of halogens is 2. The molecule has 1 unspecified atom stereocenters. The molecular weight excluding hydrogens is 238 g/mol. The standard InChI is InChI=1S/C13H18F2N2O/c1-4-8(2)7-17(3)13(18)11-9(14)5-6-10(16)12(11)15/h5-6,8H,4,7,16H2,1-3H3. The Bertz CT molecular complexity index is 449. The molecule has 1 amide bonds. The second kappa shape index (κ2) is 5.80. The minimum absolute atomic E-state index is 0.225. The van der Waals surface area contributed by atoms with Crippen LogP contribution in [0.2, 0.25) is 0 Å². The van der Waals surface area contributed by atoms with Crippen molar-refractivity contribution in [2.75, 3.05) is 19.3 Å². The molecule has 5 heteroatoms. The fraction of sp³-hybridized carbons (Fsp3) is 0.462. The van der Waals surface area contributed by atoms with Crippen LogP contribution in [0.4, 0.5) is 14.5 Å². The lowest BCUT2D eigenvalue weighted by atomic mass is 10.1. The molecule has 1 atom stereocenters. The van der Waals surface area contributed by atoms with Crippen LogP contribution < -0.4 is 5.73 Å². The second-order valence-electron chi connectivity index (χ2n) is 4.52. The smallest absolute Gasteiger partial charge is 0.259 e. The molecule has 0 aromatic heterocycles. The van der Waals surface area contributed by atoms with Gasteiger partial charge in [0.05, 0.1) is 5.69 Å². The molecule has 1 rings (SSSR count). The molecule has 0 bridgehead atoms. The zero-order chi connectivity index (χ0) is 13.9. The summed E-state index contributed by atoms with van der Waals surface area (Å²) in [5.74, 6) is -2.29. The first-order valence-corrected chi connectivity index (χ1v) is 5.87. The minimum atomic E-state index is -0.990. The maximum Gasteiger partial charge on any atom is 0.259 e. The number of hydrogen-bond donors (Lipinski definition) is 1. The van der Waals surface area contributed by atoms with Crippen molar-refractivity contribution in [3.63, 3.8) is 0 Å². The van der Waals surface area contributed by atoms with Gasteiger partial charge in [-0.25, -0.2) is 8.78 Å². The minimum Gasteiger partial charge on any atom is -0.396 e. The highest BCUT2D eigenvalue weighted by Gasteiger charge is 2.23. The Morgan fingerprint density at radius 2 is 2.06 bits per heavy atom. The maximum atomic E-state index is 13.7. The van der Waals surface area contributed by atoms with Gasteiger partial charge in [0.15, 0.2) is 5.82 Å². The highest BCUT2D eigenvalue weighted by Crippen LogP contribution is 2.20. The average molecular weight is 256 g/mol. The molecule has 1 aromatic rings. The molecule has 0 aliphatic carbocycles. The lowest BCUT2D eigenvalue weighted by Crippen LogP contribution is -2.32. The fourth-order valence-electron chi connectivity index (χ4n) is 1.64.